The van der Waals surface area contributed by atoms with Crippen LogP contribution in [-0.4, -0.2) is 27.9 Å². The number of amides is 1. The summed E-state index contributed by atoms with van der Waals surface area (Å²) in [7, 11) is 0. The molecule has 0 bridgehead atoms. The summed E-state index contributed by atoms with van der Waals surface area (Å²) in [6.45, 7) is 1.40. The van der Waals surface area contributed by atoms with Crippen molar-refractivity contribution >= 4 is 29.2 Å². The Balaban J connectivity index is 1.53. The third-order valence-electron chi connectivity index (χ3n) is 4.00. The van der Waals surface area contributed by atoms with Gasteiger partial charge in [0.15, 0.2) is 22.9 Å². The summed E-state index contributed by atoms with van der Waals surface area (Å²) in [4.78, 5) is 31.9. The van der Waals surface area contributed by atoms with Crippen LogP contribution in [-0.2, 0) is 20.7 Å². The maximum atomic E-state index is 13.8. The van der Waals surface area contributed by atoms with Crippen LogP contribution in [0.5, 0.6) is 0 Å². The van der Waals surface area contributed by atoms with Crippen molar-refractivity contribution in [2.75, 3.05) is 5.32 Å². The smallest absolute Gasteiger partial charge is 0.307 e. The van der Waals surface area contributed by atoms with E-state index in [0.717, 1.165) is 12.1 Å². The third-order valence-corrected chi connectivity index (χ3v) is 4.30. The fraction of sp³-hybridized carbons (Fsp3) is 0.200. The average Bonchev–Trinajstić information content (AvgIpc) is 3.16. The highest BCUT2D eigenvalue weighted by molar-refractivity contribution is 6.32. The molecule has 10 heteroatoms. The molecule has 3 aromatic rings. The molecule has 3 rings (SSSR count). The van der Waals surface area contributed by atoms with E-state index in [1.54, 1.807) is 12.1 Å². The molecule has 0 aliphatic carbocycles. The van der Waals surface area contributed by atoms with Crippen molar-refractivity contribution in [1.29, 1.82) is 0 Å². The molecule has 1 N–H and O–H groups in total. The van der Waals surface area contributed by atoms with Gasteiger partial charge in [-0.25, -0.2) is 18.7 Å². The van der Waals surface area contributed by atoms with E-state index in [2.05, 4.69) is 15.3 Å². The lowest BCUT2D eigenvalue weighted by molar-refractivity contribution is -0.153. The first-order valence-corrected chi connectivity index (χ1v) is 9.23. The van der Waals surface area contributed by atoms with Crippen molar-refractivity contribution in [2.45, 2.75) is 25.9 Å². The maximum absolute atomic E-state index is 13.8. The van der Waals surface area contributed by atoms with Gasteiger partial charge in [-0.3, -0.25) is 9.59 Å². The summed E-state index contributed by atoms with van der Waals surface area (Å²) in [5.41, 5.74) is -0.0436. The number of ether oxygens (including phenoxy) is 1. The van der Waals surface area contributed by atoms with Crippen LogP contribution in [0.4, 0.5) is 14.5 Å². The van der Waals surface area contributed by atoms with Crippen LogP contribution in [0.25, 0.3) is 11.3 Å². The fourth-order valence-corrected chi connectivity index (χ4v) is 2.67. The molecule has 0 saturated carbocycles. The minimum atomic E-state index is -1.08. The standard InChI is InChI=1S/C20H16ClF2N3O4/c1-11(20(28)26-14-6-3-9-24-19(14)21)29-17(27)8-7-16-25-10-15(30-16)18-12(22)4-2-5-13(18)23/h2-6,9-11H,7-8H2,1H3,(H,26,28). The Hall–Kier alpha value is -3.33. The number of nitrogens with one attached hydrogen (secondary N) is 1. The third kappa shape index (κ3) is 5.18. The molecule has 0 saturated heterocycles. The number of halogens is 3. The van der Waals surface area contributed by atoms with Gasteiger partial charge in [-0.1, -0.05) is 17.7 Å². The normalized spacial score (nSPS) is 11.7. The molecular formula is C20H16ClF2N3O4. The molecular weight excluding hydrogens is 420 g/mol. The van der Waals surface area contributed by atoms with Gasteiger partial charge in [0.1, 0.15) is 11.6 Å². The zero-order valence-corrected chi connectivity index (χ0v) is 16.5. The minimum Gasteiger partial charge on any atom is -0.453 e. The number of hydrogen-bond acceptors (Lipinski definition) is 6. The SMILES string of the molecule is CC(OC(=O)CCc1ncc(-c2c(F)cccc2F)o1)C(=O)Nc1cccnc1Cl. The zero-order valence-electron chi connectivity index (χ0n) is 15.7. The van der Waals surface area contributed by atoms with Crippen molar-refractivity contribution < 1.29 is 27.5 Å². The molecule has 1 aromatic carbocycles. The van der Waals surface area contributed by atoms with E-state index < -0.39 is 29.6 Å². The Kier molecular flexibility index (Phi) is 6.73. The first-order valence-electron chi connectivity index (χ1n) is 8.85. The second-order valence-electron chi connectivity index (χ2n) is 6.18. The van der Waals surface area contributed by atoms with E-state index in [9.17, 15) is 18.4 Å². The molecule has 2 heterocycles. The van der Waals surface area contributed by atoms with Crippen molar-refractivity contribution in [3.05, 3.63) is 65.4 Å². The van der Waals surface area contributed by atoms with Crippen LogP contribution in [0.3, 0.4) is 0 Å². The number of rotatable bonds is 7. The number of carbonyl (C=O) groups excluding carboxylic acids is 2. The largest absolute Gasteiger partial charge is 0.453 e. The average molecular weight is 436 g/mol. The lowest BCUT2D eigenvalue weighted by atomic mass is 10.1. The van der Waals surface area contributed by atoms with E-state index >= 15 is 0 Å². The summed E-state index contributed by atoms with van der Waals surface area (Å²) in [5, 5.41) is 2.62. The Morgan fingerprint density at radius 2 is 1.93 bits per heavy atom. The molecule has 1 unspecified atom stereocenters. The van der Waals surface area contributed by atoms with Gasteiger partial charge >= 0.3 is 5.97 Å². The molecule has 0 spiro atoms. The summed E-state index contributed by atoms with van der Waals surface area (Å²) in [5.74, 6) is -2.81. The summed E-state index contributed by atoms with van der Waals surface area (Å²) >= 11 is 5.86. The maximum Gasteiger partial charge on any atom is 0.307 e. The molecule has 0 fully saturated rings. The molecule has 1 atom stereocenters. The quantitative estimate of drug-likeness (QED) is 0.442. The van der Waals surface area contributed by atoms with E-state index in [0.29, 0.717) is 5.69 Å². The molecule has 2 aromatic heterocycles. The molecule has 0 radical (unpaired) electrons. The predicted molar refractivity (Wildman–Crippen MR) is 104 cm³/mol. The van der Waals surface area contributed by atoms with Gasteiger partial charge in [-0.05, 0) is 31.2 Å². The first-order chi connectivity index (χ1) is 14.3. The second-order valence-corrected chi connectivity index (χ2v) is 6.54. The number of oxazole rings is 1. The number of carbonyl (C=O) groups is 2. The second kappa shape index (κ2) is 9.45. The van der Waals surface area contributed by atoms with Crippen molar-refractivity contribution in [1.82, 2.24) is 9.97 Å². The number of aryl methyl sites for hydroxylation is 1. The lowest BCUT2D eigenvalue weighted by Gasteiger charge is -2.13. The van der Waals surface area contributed by atoms with E-state index in [-0.39, 0.29) is 35.2 Å². The van der Waals surface area contributed by atoms with Gasteiger partial charge in [0, 0.05) is 12.6 Å². The number of pyridine rings is 1. The van der Waals surface area contributed by atoms with Crippen LogP contribution in [0.1, 0.15) is 19.2 Å². The van der Waals surface area contributed by atoms with Gasteiger partial charge in [0.05, 0.1) is 23.9 Å². The number of anilines is 1. The Labute approximate surface area is 175 Å². The molecule has 1 amide bonds. The van der Waals surface area contributed by atoms with E-state index in [1.165, 1.54) is 25.4 Å². The van der Waals surface area contributed by atoms with Crippen LogP contribution < -0.4 is 5.32 Å². The highest BCUT2D eigenvalue weighted by Gasteiger charge is 2.20. The van der Waals surface area contributed by atoms with Gasteiger partial charge in [0.2, 0.25) is 0 Å². The van der Waals surface area contributed by atoms with Crippen molar-refractivity contribution in [2.24, 2.45) is 0 Å². The molecule has 0 aliphatic rings. The lowest BCUT2D eigenvalue weighted by Crippen LogP contribution is -2.30. The fourth-order valence-electron chi connectivity index (χ4n) is 2.51. The highest BCUT2D eigenvalue weighted by atomic mass is 35.5. The summed E-state index contributed by atoms with van der Waals surface area (Å²) in [6.07, 6.45) is 1.44. The van der Waals surface area contributed by atoms with Crippen LogP contribution in [0.15, 0.2) is 47.1 Å². The van der Waals surface area contributed by atoms with Gasteiger partial charge in [-0.15, -0.1) is 0 Å². The van der Waals surface area contributed by atoms with Gasteiger partial charge in [0.25, 0.3) is 5.91 Å². The van der Waals surface area contributed by atoms with Crippen LogP contribution in [0.2, 0.25) is 5.15 Å². The zero-order chi connectivity index (χ0) is 21.7. The topological polar surface area (TPSA) is 94.3 Å². The van der Waals surface area contributed by atoms with Crippen molar-refractivity contribution in [3.8, 4) is 11.3 Å². The summed E-state index contributed by atoms with van der Waals surface area (Å²) < 4.78 is 38.0. The number of aromatic nitrogens is 2. The monoisotopic (exact) mass is 435 g/mol. The number of benzene rings is 1. The van der Waals surface area contributed by atoms with E-state index in [1.807, 2.05) is 0 Å². The van der Waals surface area contributed by atoms with Crippen LogP contribution in [0, 0.1) is 11.6 Å². The number of esters is 1. The molecule has 0 aliphatic heterocycles. The van der Waals surface area contributed by atoms with Gasteiger partial charge < -0.3 is 14.5 Å². The molecule has 156 valence electrons. The molecule has 7 nitrogen and oxygen atoms in total. The van der Waals surface area contributed by atoms with Gasteiger partial charge in [-0.2, -0.15) is 0 Å². The van der Waals surface area contributed by atoms with E-state index in [4.69, 9.17) is 20.8 Å². The van der Waals surface area contributed by atoms with Crippen molar-refractivity contribution in [3.63, 3.8) is 0 Å². The highest BCUT2D eigenvalue weighted by Crippen LogP contribution is 2.26. The predicted octanol–water partition coefficient (Wildman–Crippen LogP) is 4.17. The number of nitrogens with zero attached hydrogens (tertiary/aromatic N) is 2. The Bertz CT molecular complexity index is 1050. The first kappa shape index (κ1) is 21.4. The van der Waals surface area contributed by atoms with Crippen LogP contribution >= 0.6 is 11.6 Å². The minimum absolute atomic E-state index is 0.0255. The number of hydrogen-bond donors (Lipinski definition) is 1. The molecule has 30 heavy (non-hydrogen) atoms. The Morgan fingerprint density at radius 1 is 1.20 bits per heavy atom. The Morgan fingerprint density at radius 3 is 2.63 bits per heavy atom. The summed E-state index contributed by atoms with van der Waals surface area (Å²) in [6, 6.07) is 6.59.